The van der Waals surface area contributed by atoms with Gasteiger partial charge in [0.2, 0.25) is 0 Å². The van der Waals surface area contributed by atoms with Crippen molar-refractivity contribution in [1.82, 2.24) is 10.6 Å². The molecule has 0 aromatic heterocycles. The monoisotopic (exact) mass is 320 g/mol. The normalized spacial score (nSPS) is 13.8. The summed E-state index contributed by atoms with van der Waals surface area (Å²) in [5.74, 6) is 1.41. The van der Waals surface area contributed by atoms with Crippen molar-refractivity contribution in [1.29, 1.82) is 0 Å². The number of carbonyl (C=O) groups excluding carboxylic acids is 1. The van der Waals surface area contributed by atoms with E-state index in [-0.39, 0.29) is 23.8 Å². The molecule has 4 nitrogen and oxygen atoms in total. The lowest BCUT2D eigenvalue weighted by molar-refractivity contribution is -0.120. The van der Waals surface area contributed by atoms with Crippen LogP contribution in [-0.2, 0) is 11.2 Å². The molecule has 0 unspecified atom stereocenters. The molecule has 0 aliphatic carbocycles. The van der Waals surface area contributed by atoms with Gasteiger partial charge >= 0.3 is 0 Å². The van der Waals surface area contributed by atoms with Crippen molar-refractivity contribution < 1.29 is 9.53 Å². The lowest BCUT2D eigenvalue weighted by Gasteiger charge is -2.23. The van der Waals surface area contributed by atoms with E-state index in [0.29, 0.717) is 6.54 Å². The predicted octanol–water partition coefficient (Wildman–Crippen LogP) is 2.81. The van der Waals surface area contributed by atoms with Gasteiger partial charge in [-0.1, -0.05) is 32.0 Å². The topological polar surface area (TPSA) is 50.4 Å². The van der Waals surface area contributed by atoms with E-state index in [1.165, 1.54) is 5.56 Å². The third-order valence-corrected chi connectivity index (χ3v) is 3.90. The van der Waals surface area contributed by atoms with Crippen LogP contribution in [0, 0.1) is 5.92 Å². The van der Waals surface area contributed by atoms with Crippen molar-refractivity contribution in [3.63, 3.8) is 0 Å². The molecule has 0 fully saturated rings. The van der Waals surface area contributed by atoms with Crippen LogP contribution in [0.1, 0.15) is 39.7 Å². The SMILES string of the molecule is CNCCCc1ccccc1O[C@H](C)CN[C@H](C(C)=O)C(C)C. The molecule has 1 aromatic carbocycles. The number of aryl methyl sites for hydroxylation is 1. The quantitative estimate of drug-likeness (QED) is 0.616. The first-order chi connectivity index (χ1) is 11.0. The second kappa shape index (κ2) is 10.4. The van der Waals surface area contributed by atoms with Gasteiger partial charge in [0.1, 0.15) is 17.6 Å². The van der Waals surface area contributed by atoms with Crippen molar-refractivity contribution in [2.24, 2.45) is 5.92 Å². The molecule has 1 aromatic rings. The first kappa shape index (κ1) is 19.7. The summed E-state index contributed by atoms with van der Waals surface area (Å²) in [6, 6.07) is 8.10. The summed E-state index contributed by atoms with van der Waals surface area (Å²) in [4.78, 5) is 11.6. The maximum atomic E-state index is 11.6. The molecule has 2 atom stereocenters. The summed E-state index contributed by atoms with van der Waals surface area (Å²) in [7, 11) is 1.97. The van der Waals surface area contributed by atoms with E-state index in [9.17, 15) is 4.79 Å². The van der Waals surface area contributed by atoms with Gasteiger partial charge in [0.15, 0.2) is 0 Å². The zero-order chi connectivity index (χ0) is 17.2. The second-order valence-corrected chi connectivity index (χ2v) is 6.48. The number of para-hydroxylation sites is 1. The average Bonchev–Trinajstić information content (AvgIpc) is 2.48. The Kier molecular flexibility index (Phi) is 8.89. The number of Topliss-reactive ketones (excluding diaryl/α,β-unsaturated/α-hetero) is 1. The van der Waals surface area contributed by atoms with E-state index in [1.807, 2.05) is 26.1 Å². The molecular weight excluding hydrogens is 288 g/mol. The van der Waals surface area contributed by atoms with Crippen molar-refractivity contribution >= 4 is 5.78 Å². The van der Waals surface area contributed by atoms with Crippen LogP contribution in [0.15, 0.2) is 24.3 Å². The van der Waals surface area contributed by atoms with Crippen LogP contribution in [0.2, 0.25) is 0 Å². The molecule has 1 rings (SSSR count). The Bertz CT molecular complexity index is 474. The minimum Gasteiger partial charge on any atom is -0.489 e. The molecule has 0 saturated heterocycles. The van der Waals surface area contributed by atoms with Gasteiger partial charge in [-0.2, -0.15) is 0 Å². The minimum atomic E-state index is -0.105. The van der Waals surface area contributed by atoms with E-state index in [1.54, 1.807) is 6.92 Å². The fourth-order valence-electron chi connectivity index (χ4n) is 2.68. The summed E-state index contributed by atoms with van der Waals surface area (Å²) in [6.07, 6.45) is 2.10. The van der Waals surface area contributed by atoms with Gasteiger partial charge in [-0.25, -0.2) is 0 Å². The Hall–Kier alpha value is -1.39. The fraction of sp³-hybridized carbons (Fsp3) is 0.632. The number of hydrogen-bond acceptors (Lipinski definition) is 4. The molecule has 0 amide bonds. The van der Waals surface area contributed by atoms with Gasteiger partial charge in [0.05, 0.1) is 6.04 Å². The molecule has 0 bridgehead atoms. The summed E-state index contributed by atoms with van der Waals surface area (Å²) in [6.45, 7) is 9.45. The molecule has 0 radical (unpaired) electrons. The van der Waals surface area contributed by atoms with Crippen LogP contribution in [0.4, 0.5) is 0 Å². The lowest BCUT2D eigenvalue weighted by atomic mass is 10.0. The van der Waals surface area contributed by atoms with Gasteiger partial charge in [-0.05, 0) is 57.8 Å². The van der Waals surface area contributed by atoms with Gasteiger partial charge in [-0.15, -0.1) is 0 Å². The molecule has 0 saturated carbocycles. The van der Waals surface area contributed by atoms with Crippen molar-refractivity contribution in [3.8, 4) is 5.75 Å². The Morgan fingerprint density at radius 3 is 2.52 bits per heavy atom. The molecule has 2 N–H and O–H groups in total. The number of rotatable bonds is 11. The number of ether oxygens (including phenoxy) is 1. The molecule has 4 heteroatoms. The highest BCUT2D eigenvalue weighted by Crippen LogP contribution is 2.20. The molecule has 0 aliphatic rings. The zero-order valence-corrected chi connectivity index (χ0v) is 15.2. The fourth-order valence-corrected chi connectivity index (χ4v) is 2.68. The Labute approximate surface area is 141 Å². The van der Waals surface area contributed by atoms with E-state index < -0.39 is 0 Å². The number of hydrogen-bond donors (Lipinski definition) is 2. The third-order valence-electron chi connectivity index (χ3n) is 3.90. The van der Waals surface area contributed by atoms with Crippen LogP contribution in [-0.4, -0.2) is 38.1 Å². The van der Waals surface area contributed by atoms with E-state index in [4.69, 9.17) is 4.74 Å². The smallest absolute Gasteiger partial charge is 0.146 e. The minimum absolute atomic E-state index is 0.0149. The summed E-state index contributed by atoms with van der Waals surface area (Å²) in [5, 5.41) is 6.50. The van der Waals surface area contributed by atoms with Gasteiger partial charge in [0.25, 0.3) is 0 Å². The molecule has 0 aliphatic heterocycles. The van der Waals surface area contributed by atoms with Crippen LogP contribution in [0.5, 0.6) is 5.75 Å². The lowest BCUT2D eigenvalue weighted by Crippen LogP contribution is -2.43. The first-order valence-electron chi connectivity index (χ1n) is 8.58. The van der Waals surface area contributed by atoms with Crippen LogP contribution in [0.25, 0.3) is 0 Å². The second-order valence-electron chi connectivity index (χ2n) is 6.48. The molecular formula is C19H32N2O2. The van der Waals surface area contributed by atoms with Gasteiger partial charge in [-0.3, -0.25) is 4.79 Å². The van der Waals surface area contributed by atoms with E-state index >= 15 is 0 Å². The van der Waals surface area contributed by atoms with Crippen molar-refractivity contribution in [2.75, 3.05) is 20.1 Å². The Morgan fingerprint density at radius 1 is 1.22 bits per heavy atom. The maximum absolute atomic E-state index is 11.6. The molecule has 130 valence electrons. The average molecular weight is 320 g/mol. The Morgan fingerprint density at radius 2 is 1.91 bits per heavy atom. The molecule has 23 heavy (non-hydrogen) atoms. The highest BCUT2D eigenvalue weighted by Gasteiger charge is 2.19. The standard InChI is InChI=1S/C19H32N2O2/c1-14(2)19(16(4)22)21-13-15(3)23-18-11-7-6-9-17(18)10-8-12-20-5/h6-7,9,11,14-15,19-21H,8,10,12-13H2,1-5H3/t15-,19+/m1/s1. The largest absolute Gasteiger partial charge is 0.489 e. The number of nitrogens with one attached hydrogen (secondary N) is 2. The van der Waals surface area contributed by atoms with E-state index in [0.717, 1.165) is 25.1 Å². The summed E-state index contributed by atoms with van der Waals surface area (Å²) in [5.41, 5.74) is 1.24. The summed E-state index contributed by atoms with van der Waals surface area (Å²) >= 11 is 0. The first-order valence-corrected chi connectivity index (χ1v) is 8.58. The predicted molar refractivity (Wildman–Crippen MR) is 96.1 cm³/mol. The van der Waals surface area contributed by atoms with Gasteiger partial charge < -0.3 is 15.4 Å². The highest BCUT2D eigenvalue weighted by molar-refractivity contribution is 5.81. The van der Waals surface area contributed by atoms with Crippen molar-refractivity contribution in [3.05, 3.63) is 29.8 Å². The molecule has 0 spiro atoms. The van der Waals surface area contributed by atoms with Crippen LogP contribution < -0.4 is 15.4 Å². The van der Waals surface area contributed by atoms with Crippen LogP contribution in [0.3, 0.4) is 0 Å². The van der Waals surface area contributed by atoms with Crippen molar-refractivity contribution in [2.45, 2.75) is 52.7 Å². The van der Waals surface area contributed by atoms with Crippen LogP contribution >= 0.6 is 0 Å². The maximum Gasteiger partial charge on any atom is 0.146 e. The molecule has 0 heterocycles. The third kappa shape index (κ3) is 7.14. The number of benzene rings is 1. The number of ketones is 1. The number of carbonyl (C=O) groups is 1. The summed E-state index contributed by atoms with van der Waals surface area (Å²) < 4.78 is 6.09. The zero-order valence-electron chi connectivity index (χ0n) is 15.2. The van der Waals surface area contributed by atoms with E-state index in [2.05, 4.69) is 36.6 Å². The van der Waals surface area contributed by atoms with Gasteiger partial charge in [0, 0.05) is 6.54 Å². The Balaban J connectivity index is 2.56. The highest BCUT2D eigenvalue weighted by atomic mass is 16.5.